The number of benzene rings is 2. The second-order valence-corrected chi connectivity index (χ2v) is 7.21. The molecule has 1 aliphatic rings. The normalized spacial score (nSPS) is 15.9. The van der Waals surface area contributed by atoms with Crippen molar-refractivity contribution in [3.8, 4) is 0 Å². The minimum Gasteiger partial charge on any atom is -0.356 e. The molecule has 2 amide bonds. The molecule has 6 nitrogen and oxygen atoms in total. The van der Waals surface area contributed by atoms with E-state index in [0.29, 0.717) is 35.7 Å². The summed E-state index contributed by atoms with van der Waals surface area (Å²) in [6.07, 6.45) is 1.34. The Balaban J connectivity index is 1.35. The van der Waals surface area contributed by atoms with Crippen molar-refractivity contribution in [2.45, 2.75) is 25.2 Å². The molecule has 0 fully saturated rings. The van der Waals surface area contributed by atoms with Gasteiger partial charge in [0.05, 0.1) is 17.0 Å². The fraction of sp³-hybridized carbons (Fsp3) is 0.250. The fourth-order valence-corrected chi connectivity index (χ4v) is 3.58. The van der Waals surface area contributed by atoms with Crippen LogP contribution in [0.3, 0.4) is 0 Å². The molecule has 1 aliphatic heterocycles. The Morgan fingerprint density at radius 1 is 1.29 bits per heavy atom. The van der Waals surface area contributed by atoms with Crippen LogP contribution in [0.2, 0.25) is 5.02 Å². The molecule has 28 heavy (non-hydrogen) atoms. The molecule has 144 valence electrons. The third-order valence-electron chi connectivity index (χ3n) is 4.75. The van der Waals surface area contributed by atoms with Gasteiger partial charge in [0.25, 0.3) is 0 Å². The number of nitrogens with one attached hydrogen (secondary N) is 3. The van der Waals surface area contributed by atoms with Crippen LogP contribution in [0.15, 0.2) is 36.4 Å². The topological polar surface area (TPSA) is 86.9 Å². The van der Waals surface area contributed by atoms with Gasteiger partial charge in [-0.25, -0.2) is 9.37 Å². The number of aromatic amines is 1. The average molecular weight is 401 g/mol. The maximum absolute atomic E-state index is 13.6. The predicted molar refractivity (Wildman–Crippen MR) is 105 cm³/mol. The van der Waals surface area contributed by atoms with Crippen LogP contribution >= 0.6 is 11.6 Å². The Kier molecular flexibility index (Phi) is 5.00. The second-order valence-electron chi connectivity index (χ2n) is 6.78. The smallest absolute Gasteiger partial charge is 0.228 e. The van der Waals surface area contributed by atoms with Crippen LogP contribution in [-0.4, -0.2) is 28.3 Å². The van der Waals surface area contributed by atoms with Crippen molar-refractivity contribution < 1.29 is 14.0 Å². The zero-order chi connectivity index (χ0) is 19.7. The van der Waals surface area contributed by atoms with Crippen molar-refractivity contribution in [2.24, 2.45) is 0 Å². The molecule has 0 radical (unpaired) electrons. The monoisotopic (exact) mass is 400 g/mol. The van der Waals surface area contributed by atoms with Crippen molar-refractivity contribution in [3.05, 3.63) is 58.6 Å². The van der Waals surface area contributed by atoms with Crippen molar-refractivity contribution >= 4 is 40.1 Å². The van der Waals surface area contributed by atoms with Gasteiger partial charge in [-0.2, -0.15) is 0 Å². The van der Waals surface area contributed by atoms with Gasteiger partial charge >= 0.3 is 0 Å². The molecule has 4 rings (SSSR count). The first-order valence-corrected chi connectivity index (χ1v) is 9.38. The number of hydrogen-bond acceptors (Lipinski definition) is 3. The van der Waals surface area contributed by atoms with E-state index in [4.69, 9.17) is 11.6 Å². The Bertz CT molecular complexity index is 1070. The number of aryl methyl sites for hydroxylation is 1. The van der Waals surface area contributed by atoms with E-state index in [1.54, 1.807) is 6.07 Å². The summed E-state index contributed by atoms with van der Waals surface area (Å²) in [5.41, 5.74) is 2.71. The molecule has 1 unspecified atom stereocenters. The summed E-state index contributed by atoms with van der Waals surface area (Å²) in [7, 11) is 0. The molecular weight excluding hydrogens is 383 g/mol. The van der Waals surface area contributed by atoms with Gasteiger partial charge in [0.2, 0.25) is 11.8 Å². The van der Waals surface area contributed by atoms with E-state index in [2.05, 4.69) is 20.6 Å². The number of halogens is 2. The Morgan fingerprint density at radius 3 is 3.00 bits per heavy atom. The number of aromatic nitrogens is 2. The zero-order valence-corrected chi connectivity index (χ0v) is 15.6. The zero-order valence-electron chi connectivity index (χ0n) is 14.9. The highest BCUT2D eigenvalue weighted by Crippen LogP contribution is 2.32. The number of anilines is 1. The first-order chi connectivity index (χ1) is 13.5. The molecule has 3 aromatic rings. The number of H-pyrrole nitrogens is 1. The number of imidazole rings is 1. The van der Waals surface area contributed by atoms with Crippen LogP contribution in [-0.2, 0) is 16.0 Å². The summed E-state index contributed by atoms with van der Waals surface area (Å²) in [6.45, 7) is 0.430. The highest BCUT2D eigenvalue weighted by molar-refractivity contribution is 6.31. The summed E-state index contributed by atoms with van der Waals surface area (Å²) in [5.74, 6) is -0.834. The van der Waals surface area contributed by atoms with E-state index in [1.807, 2.05) is 12.1 Å². The second kappa shape index (κ2) is 7.59. The van der Waals surface area contributed by atoms with Crippen LogP contribution in [0, 0.1) is 5.82 Å². The van der Waals surface area contributed by atoms with Gasteiger partial charge in [0.15, 0.2) is 0 Å². The predicted octanol–water partition coefficient (Wildman–Crippen LogP) is 3.53. The highest BCUT2D eigenvalue weighted by atomic mass is 35.5. The molecular formula is C20H18ClFN4O2. The van der Waals surface area contributed by atoms with E-state index >= 15 is 0 Å². The van der Waals surface area contributed by atoms with E-state index in [9.17, 15) is 14.0 Å². The van der Waals surface area contributed by atoms with Crippen LogP contribution in [0.25, 0.3) is 11.0 Å². The van der Waals surface area contributed by atoms with Gasteiger partial charge in [0.1, 0.15) is 11.6 Å². The minimum atomic E-state index is -0.687. The molecule has 1 aromatic heterocycles. The first kappa shape index (κ1) is 18.4. The maximum atomic E-state index is 13.6. The van der Waals surface area contributed by atoms with Gasteiger partial charge in [-0.05, 0) is 48.4 Å². The first-order valence-electron chi connectivity index (χ1n) is 9.01. The van der Waals surface area contributed by atoms with Crippen molar-refractivity contribution in [1.82, 2.24) is 15.3 Å². The lowest BCUT2D eigenvalue weighted by molar-refractivity contribution is -0.126. The number of carbonyl (C=O) groups is 2. The number of fused-ring (bicyclic) bond motifs is 2. The minimum absolute atomic E-state index is 0.00657. The summed E-state index contributed by atoms with van der Waals surface area (Å²) in [4.78, 5) is 32.1. The third-order valence-corrected chi connectivity index (χ3v) is 4.99. The fourth-order valence-electron chi connectivity index (χ4n) is 3.41. The molecule has 8 heteroatoms. The van der Waals surface area contributed by atoms with Gasteiger partial charge in [0, 0.05) is 30.1 Å². The van der Waals surface area contributed by atoms with E-state index in [0.717, 1.165) is 16.9 Å². The summed E-state index contributed by atoms with van der Waals surface area (Å²) >= 11 is 5.97. The standard InChI is InChI=1S/C20H18ClFN4O2/c21-11-3-5-16-17(8-11)25-18(24-16)2-1-7-23-20(28)14-10-19(27)26-15-6-4-12(22)9-13(14)15/h3-6,8-9,14H,1-2,7,10H2,(H,23,28)(H,24,25)(H,26,27). The van der Waals surface area contributed by atoms with Crippen LogP contribution in [0.1, 0.15) is 30.1 Å². The van der Waals surface area contributed by atoms with Crippen molar-refractivity contribution in [2.75, 3.05) is 11.9 Å². The average Bonchev–Trinajstić information content (AvgIpc) is 3.06. The summed E-state index contributed by atoms with van der Waals surface area (Å²) < 4.78 is 13.6. The van der Waals surface area contributed by atoms with Gasteiger partial charge < -0.3 is 15.6 Å². The van der Waals surface area contributed by atoms with Crippen LogP contribution in [0.5, 0.6) is 0 Å². The molecule has 2 heterocycles. The molecule has 3 N–H and O–H groups in total. The van der Waals surface area contributed by atoms with E-state index in [-0.39, 0.29) is 18.2 Å². The quantitative estimate of drug-likeness (QED) is 0.572. The molecule has 2 aromatic carbocycles. The molecule has 0 saturated carbocycles. The lowest BCUT2D eigenvalue weighted by Gasteiger charge is -2.24. The Hall–Kier alpha value is -2.93. The van der Waals surface area contributed by atoms with E-state index < -0.39 is 11.7 Å². The number of rotatable bonds is 5. The van der Waals surface area contributed by atoms with E-state index in [1.165, 1.54) is 18.2 Å². The maximum Gasteiger partial charge on any atom is 0.228 e. The Morgan fingerprint density at radius 2 is 2.14 bits per heavy atom. The Labute approximate surface area is 165 Å². The number of carbonyl (C=O) groups excluding carboxylic acids is 2. The third kappa shape index (κ3) is 3.84. The SMILES string of the molecule is O=C1CC(C(=O)NCCCc2nc3ccc(Cl)cc3[nH]2)c2cc(F)ccc2N1. The molecule has 0 bridgehead atoms. The van der Waals surface area contributed by atoms with Crippen LogP contribution < -0.4 is 10.6 Å². The number of hydrogen-bond donors (Lipinski definition) is 3. The lowest BCUT2D eigenvalue weighted by atomic mass is 9.89. The van der Waals surface area contributed by atoms with Crippen LogP contribution in [0.4, 0.5) is 10.1 Å². The number of nitrogens with zero attached hydrogens (tertiary/aromatic N) is 1. The lowest BCUT2D eigenvalue weighted by Crippen LogP contribution is -2.35. The molecule has 0 aliphatic carbocycles. The number of amides is 2. The van der Waals surface area contributed by atoms with Crippen molar-refractivity contribution in [3.63, 3.8) is 0 Å². The molecule has 0 saturated heterocycles. The largest absolute Gasteiger partial charge is 0.356 e. The molecule has 0 spiro atoms. The van der Waals surface area contributed by atoms with Gasteiger partial charge in [-0.1, -0.05) is 11.6 Å². The van der Waals surface area contributed by atoms with Gasteiger partial charge in [-0.15, -0.1) is 0 Å². The van der Waals surface area contributed by atoms with Crippen molar-refractivity contribution in [1.29, 1.82) is 0 Å². The summed E-state index contributed by atoms with van der Waals surface area (Å²) in [5, 5.41) is 6.15. The highest BCUT2D eigenvalue weighted by Gasteiger charge is 2.30. The molecule has 1 atom stereocenters. The summed E-state index contributed by atoms with van der Waals surface area (Å²) in [6, 6.07) is 9.51. The van der Waals surface area contributed by atoms with Gasteiger partial charge in [-0.3, -0.25) is 9.59 Å².